The molecule has 3 aromatic rings. The largest absolute Gasteiger partial charge is 0.284 e. The molecule has 0 amide bonds. The predicted molar refractivity (Wildman–Crippen MR) is 95.9 cm³/mol. The van der Waals surface area contributed by atoms with Crippen LogP contribution in [-0.2, 0) is 13.1 Å². The maximum Gasteiger partial charge on any atom is 0.0611 e. The highest BCUT2D eigenvalue weighted by atomic mass is 15.1. The Labute approximate surface area is 143 Å². The first-order valence-electron chi connectivity index (χ1n) is 7.94. The molecule has 2 heterocycles. The van der Waals surface area contributed by atoms with Crippen molar-refractivity contribution in [2.75, 3.05) is 6.54 Å². The van der Waals surface area contributed by atoms with Crippen molar-refractivity contribution in [3.05, 3.63) is 96.1 Å². The number of hydrogen-bond acceptors (Lipinski definition) is 3. The lowest BCUT2D eigenvalue weighted by Crippen LogP contribution is -2.23. The topological polar surface area (TPSA) is 29.0 Å². The van der Waals surface area contributed by atoms with Crippen LogP contribution in [0.4, 0.5) is 0 Å². The molecule has 3 rings (SSSR count). The monoisotopic (exact) mass is 313 g/mol. The molecular formula is C21H19N3. The molecule has 3 nitrogen and oxygen atoms in total. The van der Waals surface area contributed by atoms with Crippen LogP contribution < -0.4 is 0 Å². The van der Waals surface area contributed by atoms with Crippen LogP contribution in [0.2, 0.25) is 0 Å². The Kier molecular flexibility index (Phi) is 5.71. The third-order valence-corrected chi connectivity index (χ3v) is 3.57. The van der Waals surface area contributed by atoms with Crippen LogP contribution in [0.15, 0.2) is 79.4 Å². The zero-order valence-electron chi connectivity index (χ0n) is 13.5. The summed E-state index contributed by atoms with van der Waals surface area (Å²) in [6, 6.07) is 18.2. The highest BCUT2D eigenvalue weighted by Crippen LogP contribution is 2.08. The molecule has 0 atom stereocenters. The van der Waals surface area contributed by atoms with E-state index in [1.165, 1.54) is 11.1 Å². The third kappa shape index (κ3) is 5.05. The van der Waals surface area contributed by atoms with Gasteiger partial charge < -0.3 is 0 Å². The lowest BCUT2D eigenvalue weighted by molar-refractivity contribution is 0.290. The summed E-state index contributed by atoms with van der Waals surface area (Å²) in [5.74, 6) is 6.50. The average molecular weight is 313 g/mol. The molecule has 0 fully saturated rings. The highest BCUT2D eigenvalue weighted by Gasteiger charge is 2.06. The fourth-order valence-electron chi connectivity index (χ4n) is 2.44. The summed E-state index contributed by atoms with van der Waals surface area (Å²) in [6.07, 6.45) is 7.40. The number of rotatable bonds is 5. The lowest BCUT2D eigenvalue weighted by Gasteiger charge is -2.19. The van der Waals surface area contributed by atoms with E-state index >= 15 is 0 Å². The maximum atomic E-state index is 4.20. The van der Waals surface area contributed by atoms with E-state index < -0.39 is 0 Å². The van der Waals surface area contributed by atoms with Crippen molar-refractivity contribution >= 4 is 0 Å². The van der Waals surface area contributed by atoms with E-state index in [9.17, 15) is 0 Å². The van der Waals surface area contributed by atoms with Crippen molar-refractivity contribution in [3.8, 4) is 11.8 Å². The van der Waals surface area contributed by atoms with Crippen LogP contribution in [0, 0.1) is 11.8 Å². The lowest BCUT2D eigenvalue weighted by atomic mass is 10.2. The van der Waals surface area contributed by atoms with E-state index in [0.717, 1.165) is 18.7 Å². The molecule has 24 heavy (non-hydrogen) atoms. The van der Waals surface area contributed by atoms with Crippen LogP contribution in [0.25, 0.3) is 0 Å². The van der Waals surface area contributed by atoms with Gasteiger partial charge in [0.1, 0.15) is 0 Å². The van der Waals surface area contributed by atoms with E-state index in [1.807, 2.05) is 54.9 Å². The second-order valence-corrected chi connectivity index (χ2v) is 5.54. The second-order valence-electron chi connectivity index (χ2n) is 5.54. The molecule has 0 radical (unpaired) electrons. The van der Waals surface area contributed by atoms with Gasteiger partial charge in [0.2, 0.25) is 0 Å². The van der Waals surface area contributed by atoms with Crippen LogP contribution >= 0.6 is 0 Å². The predicted octanol–water partition coefficient (Wildman–Crippen LogP) is 3.53. The van der Waals surface area contributed by atoms with Gasteiger partial charge in [0.25, 0.3) is 0 Å². The summed E-state index contributed by atoms with van der Waals surface area (Å²) >= 11 is 0. The van der Waals surface area contributed by atoms with Crippen LogP contribution in [0.3, 0.4) is 0 Å². The Hall–Kier alpha value is -2.96. The standard InChI is InChI=1S/C21H19N3/c1-2-7-19(8-3-1)11-6-14-24(17-20-9-4-12-22-15-20)18-21-10-5-13-23-16-21/h1-5,7-10,12-13,15-16H,14,17-18H2. The summed E-state index contributed by atoms with van der Waals surface area (Å²) in [7, 11) is 0. The molecule has 0 bridgehead atoms. The highest BCUT2D eigenvalue weighted by molar-refractivity contribution is 5.33. The minimum Gasteiger partial charge on any atom is -0.284 e. The van der Waals surface area contributed by atoms with Crippen LogP contribution in [-0.4, -0.2) is 21.4 Å². The Bertz CT molecular complexity index is 748. The molecule has 0 saturated heterocycles. The second kappa shape index (κ2) is 8.61. The normalized spacial score (nSPS) is 10.2. The molecule has 0 aliphatic rings. The Morgan fingerprint density at radius 2 is 1.38 bits per heavy atom. The quantitative estimate of drug-likeness (QED) is 0.675. The van der Waals surface area contributed by atoms with Crippen molar-refractivity contribution in [2.45, 2.75) is 13.1 Å². The molecule has 0 unspecified atom stereocenters. The van der Waals surface area contributed by atoms with Gasteiger partial charge in [-0.25, -0.2) is 0 Å². The van der Waals surface area contributed by atoms with Gasteiger partial charge in [-0.2, -0.15) is 0 Å². The molecule has 0 aliphatic heterocycles. The smallest absolute Gasteiger partial charge is 0.0611 e. The Balaban J connectivity index is 1.70. The molecule has 0 N–H and O–H groups in total. The molecule has 3 heteroatoms. The summed E-state index contributed by atoms with van der Waals surface area (Å²) in [6.45, 7) is 2.32. The van der Waals surface area contributed by atoms with Crippen molar-refractivity contribution in [1.82, 2.24) is 14.9 Å². The summed E-state index contributed by atoms with van der Waals surface area (Å²) < 4.78 is 0. The Morgan fingerprint density at radius 1 is 0.750 bits per heavy atom. The first-order valence-corrected chi connectivity index (χ1v) is 7.94. The molecule has 0 saturated carbocycles. The Morgan fingerprint density at radius 3 is 1.92 bits per heavy atom. The fraction of sp³-hybridized carbons (Fsp3) is 0.143. The van der Waals surface area contributed by atoms with Crippen molar-refractivity contribution < 1.29 is 0 Å². The summed E-state index contributed by atoms with van der Waals surface area (Å²) in [4.78, 5) is 10.7. The maximum absolute atomic E-state index is 4.20. The number of nitrogens with zero attached hydrogens (tertiary/aromatic N) is 3. The van der Waals surface area contributed by atoms with Gasteiger partial charge in [0, 0.05) is 43.4 Å². The molecule has 0 spiro atoms. The van der Waals surface area contributed by atoms with Crippen LogP contribution in [0.1, 0.15) is 16.7 Å². The molecule has 2 aromatic heterocycles. The minimum absolute atomic E-state index is 0.693. The number of pyridine rings is 2. The third-order valence-electron chi connectivity index (χ3n) is 3.57. The average Bonchev–Trinajstić information content (AvgIpc) is 2.64. The molecule has 118 valence electrons. The zero-order valence-corrected chi connectivity index (χ0v) is 13.5. The van der Waals surface area contributed by atoms with Gasteiger partial charge in [0.05, 0.1) is 6.54 Å². The van der Waals surface area contributed by atoms with E-state index in [0.29, 0.717) is 6.54 Å². The van der Waals surface area contributed by atoms with Crippen molar-refractivity contribution in [2.24, 2.45) is 0 Å². The van der Waals surface area contributed by atoms with Crippen molar-refractivity contribution in [1.29, 1.82) is 0 Å². The number of benzene rings is 1. The SMILES string of the molecule is C(#Cc1ccccc1)CN(Cc1cccnc1)Cc1cccnc1. The first-order chi connectivity index (χ1) is 11.9. The van der Waals surface area contributed by atoms with E-state index in [1.54, 1.807) is 12.4 Å². The van der Waals surface area contributed by atoms with E-state index in [-0.39, 0.29) is 0 Å². The van der Waals surface area contributed by atoms with E-state index in [2.05, 4.69) is 38.8 Å². The van der Waals surface area contributed by atoms with Gasteiger partial charge in [-0.1, -0.05) is 42.2 Å². The first kappa shape index (κ1) is 15.9. The van der Waals surface area contributed by atoms with Gasteiger partial charge in [-0.15, -0.1) is 0 Å². The van der Waals surface area contributed by atoms with Gasteiger partial charge in [-0.05, 0) is 35.4 Å². The molecule has 1 aromatic carbocycles. The summed E-state index contributed by atoms with van der Waals surface area (Å²) in [5.41, 5.74) is 3.41. The number of aromatic nitrogens is 2. The fourth-order valence-corrected chi connectivity index (χ4v) is 2.44. The van der Waals surface area contributed by atoms with Gasteiger partial charge in [-0.3, -0.25) is 14.9 Å². The van der Waals surface area contributed by atoms with Gasteiger partial charge >= 0.3 is 0 Å². The summed E-state index contributed by atoms with van der Waals surface area (Å²) in [5, 5.41) is 0. The van der Waals surface area contributed by atoms with Crippen LogP contribution in [0.5, 0.6) is 0 Å². The molecule has 0 aliphatic carbocycles. The van der Waals surface area contributed by atoms with E-state index in [4.69, 9.17) is 0 Å². The zero-order chi connectivity index (χ0) is 16.5. The number of hydrogen-bond donors (Lipinski definition) is 0. The van der Waals surface area contributed by atoms with Crippen molar-refractivity contribution in [3.63, 3.8) is 0 Å². The minimum atomic E-state index is 0.693. The molecular weight excluding hydrogens is 294 g/mol. The van der Waals surface area contributed by atoms with Gasteiger partial charge in [0.15, 0.2) is 0 Å².